The molecule has 5 nitrogen and oxygen atoms in total. The molecule has 24 heavy (non-hydrogen) atoms. The van der Waals surface area contributed by atoms with Crippen molar-refractivity contribution in [3.63, 3.8) is 0 Å². The van der Waals surface area contributed by atoms with E-state index in [1.165, 1.54) is 12.8 Å². The van der Waals surface area contributed by atoms with Gasteiger partial charge >= 0.3 is 6.03 Å². The molecule has 1 saturated carbocycles. The molecule has 1 aromatic rings. The lowest BCUT2D eigenvalue weighted by Crippen LogP contribution is -2.47. The average Bonchev–Trinajstić information content (AvgIpc) is 3.41. The molecule has 5 heteroatoms. The monoisotopic (exact) mass is 332 g/mol. The van der Waals surface area contributed by atoms with Gasteiger partial charge in [0.05, 0.1) is 18.8 Å². The molecule has 0 aromatic heterocycles. The Morgan fingerprint density at radius 1 is 1.29 bits per heavy atom. The van der Waals surface area contributed by atoms with Crippen LogP contribution in [0.25, 0.3) is 0 Å². The Balaban J connectivity index is 1.46. The maximum atomic E-state index is 12.3. The van der Waals surface area contributed by atoms with Gasteiger partial charge < -0.3 is 20.1 Å². The van der Waals surface area contributed by atoms with Crippen molar-refractivity contribution in [2.45, 2.75) is 57.7 Å². The van der Waals surface area contributed by atoms with Gasteiger partial charge in [0.2, 0.25) is 0 Å². The summed E-state index contributed by atoms with van der Waals surface area (Å²) in [5.74, 6) is 1.58. The van der Waals surface area contributed by atoms with Gasteiger partial charge in [-0.1, -0.05) is 12.1 Å². The molecule has 0 radical (unpaired) electrons. The third-order valence-electron chi connectivity index (χ3n) is 4.84. The maximum absolute atomic E-state index is 12.3. The first-order chi connectivity index (χ1) is 11.7. The van der Waals surface area contributed by atoms with Crippen LogP contribution < -0.4 is 15.4 Å². The summed E-state index contributed by atoms with van der Waals surface area (Å²) < 4.78 is 11.3. The first kappa shape index (κ1) is 17.1. The lowest BCUT2D eigenvalue weighted by atomic mass is 10.0. The van der Waals surface area contributed by atoms with Crippen molar-refractivity contribution < 1.29 is 14.3 Å². The fraction of sp³-hybridized carbons (Fsp3) is 0.632. The predicted molar refractivity (Wildman–Crippen MR) is 93.2 cm³/mol. The molecule has 3 atom stereocenters. The number of amides is 2. The number of carbonyl (C=O) groups is 1. The van der Waals surface area contributed by atoms with Gasteiger partial charge in [0.25, 0.3) is 0 Å². The Labute approximate surface area is 144 Å². The molecule has 3 rings (SSSR count). The summed E-state index contributed by atoms with van der Waals surface area (Å²) in [6.07, 6.45) is 4.73. The van der Waals surface area contributed by atoms with Crippen molar-refractivity contribution in [3.05, 3.63) is 29.8 Å². The molecule has 2 aliphatic rings. The van der Waals surface area contributed by atoms with Gasteiger partial charge in [-0.25, -0.2) is 4.79 Å². The zero-order chi connectivity index (χ0) is 16.9. The molecule has 0 bridgehead atoms. The van der Waals surface area contributed by atoms with Gasteiger partial charge in [0.1, 0.15) is 5.75 Å². The zero-order valence-corrected chi connectivity index (χ0v) is 14.6. The summed E-state index contributed by atoms with van der Waals surface area (Å²) >= 11 is 0. The van der Waals surface area contributed by atoms with E-state index < -0.39 is 0 Å². The summed E-state index contributed by atoms with van der Waals surface area (Å²) in [4.78, 5) is 12.3. The Bertz CT molecular complexity index is 542. The lowest BCUT2D eigenvalue weighted by Gasteiger charge is -2.30. The first-order valence-corrected chi connectivity index (χ1v) is 9.07. The predicted octanol–water partition coefficient (Wildman–Crippen LogP) is 3.40. The van der Waals surface area contributed by atoms with E-state index in [0.29, 0.717) is 12.7 Å². The van der Waals surface area contributed by atoms with Gasteiger partial charge in [-0.05, 0) is 63.1 Å². The van der Waals surface area contributed by atoms with Gasteiger partial charge in [0, 0.05) is 12.6 Å². The standard InChI is InChI=1S/C19H28N2O3/c1-3-23-17-8-6-14(7-9-17)13(2)20-19(22)21-16-10-11-24-18(12-16)15-4-5-15/h6-9,13,15-16,18H,3-5,10-12H2,1-2H3,(H2,20,21,22)/t13-,16-,18-/m0/s1. The van der Waals surface area contributed by atoms with Crippen LogP contribution in [0.5, 0.6) is 5.75 Å². The highest BCUT2D eigenvalue weighted by Crippen LogP contribution is 2.38. The molecule has 2 N–H and O–H groups in total. The molecule has 1 aliphatic carbocycles. The van der Waals surface area contributed by atoms with E-state index in [9.17, 15) is 4.79 Å². The van der Waals surface area contributed by atoms with Crippen LogP contribution in [0.3, 0.4) is 0 Å². The van der Waals surface area contributed by atoms with Gasteiger partial charge in [0.15, 0.2) is 0 Å². The molecular weight excluding hydrogens is 304 g/mol. The normalized spacial score (nSPS) is 24.9. The van der Waals surface area contributed by atoms with Crippen LogP contribution in [0, 0.1) is 5.92 Å². The molecule has 0 unspecified atom stereocenters. The van der Waals surface area contributed by atoms with Crippen LogP contribution in [0.4, 0.5) is 4.79 Å². The Kier molecular flexibility index (Phi) is 5.61. The van der Waals surface area contributed by atoms with Crippen molar-refractivity contribution in [2.24, 2.45) is 5.92 Å². The molecule has 1 aromatic carbocycles. The van der Waals surface area contributed by atoms with E-state index in [1.807, 2.05) is 38.1 Å². The minimum Gasteiger partial charge on any atom is -0.494 e. The molecule has 2 fully saturated rings. The highest BCUT2D eigenvalue weighted by atomic mass is 16.5. The van der Waals surface area contributed by atoms with E-state index in [2.05, 4.69) is 10.6 Å². The summed E-state index contributed by atoms with van der Waals surface area (Å²) in [6, 6.07) is 7.94. The quantitative estimate of drug-likeness (QED) is 0.839. The van der Waals surface area contributed by atoms with E-state index >= 15 is 0 Å². The third kappa shape index (κ3) is 4.63. The summed E-state index contributed by atoms with van der Waals surface area (Å²) in [5.41, 5.74) is 1.07. The lowest BCUT2D eigenvalue weighted by molar-refractivity contribution is -0.00917. The molecular formula is C19H28N2O3. The van der Waals surface area contributed by atoms with Crippen LogP contribution >= 0.6 is 0 Å². The van der Waals surface area contributed by atoms with Crippen LogP contribution in [0.15, 0.2) is 24.3 Å². The van der Waals surface area contributed by atoms with E-state index in [0.717, 1.165) is 36.7 Å². The van der Waals surface area contributed by atoms with E-state index in [-0.39, 0.29) is 18.1 Å². The number of urea groups is 1. The molecule has 1 saturated heterocycles. The van der Waals surface area contributed by atoms with Crippen LogP contribution in [0.1, 0.15) is 51.1 Å². The number of ether oxygens (including phenoxy) is 2. The van der Waals surface area contributed by atoms with Crippen molar-refractivity contribution in [3.8, 4) is 5.75 Å². The smallest absolute Gasteiger partial charge is 0.315 e. The fourth-order valence-electron chi connectivity index (χ4n) is 3.28. The minimum absolute atomic E-state index is 0.0419. The Morgan fingerprint density at radius 2 is 2.04 bits per heavy atom. The number of benzene rings is 1. The summed E-state index contributed by atoms with van der Waals surface area (Å²) in [7, 11) is 0. The van der Waals surface area contributed by atoms with Crippen molar-refractivity contribution in [1.82, 2.24) is 10.6 Å². The summed E-state index contributed by atoms with van der Waals surface area (Å²) in [6.45, 7) is 5.36. The van der Waals surface area contributed by atoms with Crippen LogP contribution in [0.2, 0.25) is 0 Å². The third-order valence-corrected chi connectivity index (χ3v) is 4.84. The van der Waals surface area contributed by atoms with E-state index in [1.54, 1.807) is 0 Å². The number of rotatable bonds is 6. The zero-order valence-electron chi connectivity index (χ0n) is 14.6. The second-order valence-electron chi connectivity index (χ2n) is 6.81. The number of nitrogens with one attached hydrogen (secondary N) is 2. The topological polar surface area (TPSA) is 59.6 Å². The van der Waals surface area contributed by atoms with Crippen LogP contribution in [-0.2, 0) is 4.74 Å². The molecule has 2 amide bonds. The van der Waals surface area contributed by atoms with Crippen molar-refractivity contribution in [2.75, 3.05) is 13.2 Å². The number of carbonyl (C=O) groups excluding carboxylic acids is 1. The highest BCUT2D eigenvalue weighted by Gasteiger charge is 2.36. The highest BCUT2D eigenvalue weighted by molar-refractivity contribution is 5.74. The van der Waals surface area contributed by atoms with Gasteiger partial charge in [-0.2, -0.15) is 0 Å². The molecule has 132 valence electrons. The maximum Gasteiger partial charge on any atom is 0.315 e. The second-order valence-corrected chi connectivity index (χ2v) is 6.81. The SMILES string of the molecule is CCOc1ccc([C@H](C)NC(=O)N[C@H]2CCO[C@H](C3CC3)C2)cc1. The number of hydrogen-bond donors (Lipinski definition) is 2. The van der Waals surface area contributed by atoms with Crippen molar-refractivity contribution >= 4 is 6.03 Å². The Morgan fingerprint density at radius 3 is 2.71 bits per heavy atom. The van der Waals surface area contributed by atoms with Crippen LogP contribution in [-0.4, -0.2) is 31.4 Å². The minimum atomic E-state index is -0.0992. The molecule has 1 aliphatic heterocycles. The average molecular weight is 332 g/mol. The van der Waals surface area contributed by atoms with Gasteiger partial charge in [-0.15, -0.1) is 0 Å². The van der Waals surface area contributed by atoms with Gasteiger partial charge in [-0.3, -0.25) is 0 Å². The van der Waals surface area contributed by atoms with Crippen molar-refractivity contribution in [1.29, 1.82) is 0 Å². The Hall–Kier alpha value is -1.75. The molecule has 1 heterocycles. The number of hydrogen-bond acceptors (Lipinski definition) is 3. The second kappa shape index (κ2) is 7.88. The van der Waals surface area contributed by atoms with E-state index in [4.69, 9.17) is 9.47 Å². The fourth-order valence-corrected chi connectivity index (χ4v) is 3.28. The first-order valence-electron chi connectivity index (χ1n) is 9.07. The largest absolute Gasteiger partial charge is 0.494 e. The molecule has 0 spiro atoms. The summed E-state index contributed by atoms with van der Waals surface area (Å²) in [5, 5.41) is 6.13.